The van der Waals surface area contributed by atoms with E-state index in [4.69, 9.17) is 16.9 Å². The highest BCUT2D eigenvalue weighted by molar-refractivity contribution is 7.11. The maximum atomic E-state index is 13.6. The zero-order chi connectivity index (χ0) is 13.1. The van der Waals surface area contributed by atoms with Crippen molar-refractivity contribution in [3.05, 3.63) is 57.8 Å². The molecular formula is C13H6ClF2NS. The van der Waals surface area contributed by atoms with E-state index in [1.54, 1.807) is 17.5 Å². The van der Waals surface area contributed by atoms with Gasteiger partial charge in [-0.1, -0.05) is 17.7 Å². The molecule has 0 aliphatic heterocycles. The van der Waals surface area contributed by atoms with Crippen molar-refractivity contribution in [1.29, 1.82) is 5.26 Å². The van der Waals surface area contributed by atoms with Gasteiger partial charge in [-0.15, -0.1) is 11.3 Å². The third-order valence-corrected chi connectivity index (χ3v) is 3.55. The fourth-order valence-electron chi connectivity index (χ4n) is 1.44. The van der Waals surface area contributed by atoms with Crippen molar-refractivity contribution in [2.45, 2.75) is 0 Å². The van der Waals surface area contributed by atoms with Crippen molar-refractivity contribution in [2.75, 3.05) is 0 Å². The predicted molar refractivity (Wildman–Crippen MR) is 69.0 cm³/mol. The minimum Gasteiger partial charge on any atom is -0.207 e. The summed E-state index contributed by atoms with van der Waals surface area (Å²) >= 11 is 7.35. The molecule has 0 bridgehead atoms. The first-order chi connectivity index (χ1) is 8.63. The van der Waals surface area contributed by atoms with E-state index in [0.717, 1.165) is 12.1 Å². The largest absolute Gasteiger partial charge is 0.207 e. The number of nitrogens with zero attached hydrogens (tertiary/aromatic N) is 1. The second-order valence-electron chi connectivity index (χ2n) is 3.40. The zero-order valence-corrected chi connectivity index (χ0v) is 10.5. The Morgan fingerprint density at radius 1 is 1.28 bits per heavy atom. The standard InChI is InChI=1S/C13H6ClF2NS/c14-13(9-4-3-8(15)6-11(9)16)10(7-17)12-2-1-5-18-12/h1-6H/b13-10-. The van der Waals surface area contributed by atoms with Gasteiger partial charge in [0.1, 0.15) is 17.7 Å². The molecule has 0 fully saturated rings. The lowest BCUT2D eigenvalue weighted by atomic mass is 10.1. The molecule has 1 aromatic carbocycles. The maximum absolute atomic E-state index is 13.6. The highest BCUT2D eigenvalue weighted by atomic mass is 35.5. The van der Waals surface area contributed by atoms with E-state index in [0.29, 0.717) is 4.88 Å². The Kier molecular flexibility index (Phi) is 3.75. The molecule has 0 spiro atoms. The molecule has 0 unspecified atom stereocenters. The minimum atomic E-state index is -0.788. The van der Waals surface area contributed by atoms with Gasteiger partial charge in [0, 0.05) is 16.5 Å². The van der Waals surface area contributed by atoms with Crippen LogP contribution in [-0.4, -0.2) is 0 Å². The van der Waals surface area contributed by atoms with Crippen LogP contribution in [0.25, 0.3) is 10.6 Å². The molecule has 1 nitrogen and oxygen atoms in total. The first-order valence-corrected chi connectivity index (χ1v) is 6.18. The number of benzene rings is 1. The zero-order valence-electron chi connectivity index (χ0n) is 8.95. The maximum Gasteiger partial charge on any atom is 0.134 e. The summed E-state index contributed by atoms with van der Waals surface area (Å²) in [6.45, 7) is 0. The third kappa shape index (κ3) is 2.42. The van der Waals surface area contributed by atoms with E-state index >= 15 is 0 Å². The van der Waals surface area contributed by atoms with Crippen LogP contribution in [0.5, 0.6) is 0 Å². The van der Waals surface area contributed by atoms with E-state index in [1.807, 2.05) is 6.07 Å². The Labute approximate surface area is 112 Å². The molecule has 0 saturated heterocycles. The van der Waals surface area contributed by atoms with Crippen LogP contribution in [0.15, 0.2) is 35.7 Å². The van der Waals surface area contributed by atoms with Crippen molar-refractivity contribution in [2.24, 2.45) is 0 Å². The molecule has 0 N–H and O–H groups in total. The van der Waals surface area contributed by atoms with E-state index in [2.05, 4.69) is 0 Å². The highest BCUT2D eigenvalue weighted by Crippen LogP contribution is 2.32. The molecule has 90 valence electrons. The Morgan fingerprint density at radius 3 is 2.61 bits per heavy atom. The second kappa shape index (κ2) is 5.30. The molecule has 0 aliphatic carbocycles. The van der Waals surface area contributed by atoms with Crippen LogP contribution in [-0.2, 0) is 0 Å². The lowest BCUT2D eigenvalue weighted by Crippen LogP contribution is -1.90. The van der Waals surface area contributed by atoms with E-state index in [1.165, 1.54) is 17.4 Å². The average molecular weight is 282 g/mol. The van der Waals surface area contributed by atoms with Crippen LogP contribution < -0.4 is 0 Å². The normalized spacial score (nSPS) is 11.9. The number of hydrogen-bond acceptors (Lipinski definition) is 2. The summed E-state index contributed by atoms with van der Waals surface area (Å²) in [5.41, 5.74) is 0.195. The quantitative estimate of drug-likeness (QED) is 0.735. The number of rotatable bonds is 2. The Bertz CT molecular complexity index is 642. The number of allylic oxidation sites excluding steroid dienone is 1. The van der Waals surface area contributed by atoms with Gasteiger partial charge >= 0.3 is 0 Å². The number of hydrogen-bond donors (Lipinski definition) is 0. The average Bonchev–Trinajstić information content (AvgIpc) is 2.83. The van der Waals surface area contributed by atoms with Crippen molar-refractivity contribution in [3.63, 3.8) is 0 Å². The molecule has 18 heavy (non-hydrogen) atoms. The first-order valence-electron chi connectivity index (χ1n) is 4.92. The molecule has 2 rings (SSSR count). The summed E-state index contributed by atoms with van der Waals surface area (Å²) in [7, 11) is 0. The predicted octanol–water partition coefficient (Wildman–Crippen LogP) is 4.66. The second-order valence-corrected chi connectivity index (χ2v) is 4.73. The van der Waals surface area contributed by atoms with Crippen LogP contribution >= 0.6 is 22.9 Å². The summed E-state index contributed by atoms with van der Waals surface area (Å²) in [4.78, 5) is 0.645. The van der Waals surface area contributed by atoms with Gasteiger partial charge in [-0.05, 0) is 23.6 Å². The molecule has 1 heterocycles. The van der Waals surface area contributed by atoms with Gasteiger partial charge in [-0.3, -0.25) is 0 Å². The van der Waals surface area contributed by atoms with E-state index in [9.17, 15) is 8.78 Å². The first kappa shape index (κ1) is 12.7. The number of nitriles is 1. The molecule has 2 aromatic rings. The topological polar surface area (TPSA) is 23.8 Å². The van der Waals surface area contributed by atoms with Crippen molar-refractivity contribution >= 4 is 33.5 Å². The third-order valence-electron chi connectivity index (χ3n) is 2.27. The monoisotopic (exact) mass is 281 g/mol. The summed E-state index contributed by atoms with van der Waals surface area (Å²) in [5.74, 6) is -1.47. The van der Waals surface area contributed by atoms with Crippen LogP contribution in [0.3, 0.4) is 0 Å². The van der Waals surface area contributed by atoms with Crippen LogP contribution in [0.1, 0.15) is 10.4 Å². The van der Waals surface area contributed by atoms with Crippen LogP contribution in [0, 0.1) is 23.0 Å². The fraction of sp³-hybridized carbons (Fsp3) is 0. The van der Waals surface area contributed by atoms with Crippen molar-refractivity contribution in [3.8, 4) is 6.07 Å². The summed E-state index contributed by atoms with van der Waals surface area (Å²) in [6.07, 6.45) is 0. The highest BCUT2D eigenvalue weighted by Gasteiger charge is 2.14. The molecule has 0 atom stereocenters. The van der Waals surface area contributed by atoms with Gasteiger partial charge in [-0.25, -0.2) is 8.78 Å². The molecule has 0 amide bonds. The van der Waals surface area contributed by atoms with Gasteiger partial charge in [-0.2, -0.15) is 5.26 Å². The summed E-state index contributed by atoms with van der Waals surface area (Å²) < 4.78 is 26.4. The number of thiophene rings is 1. The summed E-state index contributed by atoms with van der Waals surface area (Å²) in [6, 6.07) is 8.48. The van der Waals surface area contributed by atoms with E-state index < -0.39 is 11.6 Å². The van der Waals surface area contributed by atoms with Crippen molar-refractivity contribution < 1.29 is 8.78 Å². The Hall–Kier alpha value is -1.70. The van der Waals surface area contributed by atoms with Gasteiger partial charge in [0.05, 0.1) is 10.6 Å². The van der Waals surface area contributed by atoms with Gasteiger partial charge < -0.3 is 0 Å². The Balaban J connectivity index is 2.58. The van der Waals surface area contributed by atoms with Gasteiger partial charge in [0.2, 0.25) is 0 Å². The Morgan fingerprint density at radius 2 is 2.06 bits per heavy atom. The molecule has 5 heteroatoms. The van der Waals surface area contributed by atoms with Gasteiger partial charge in [0.25, 0.3) is 0 Å². The number of halogens is 3. The van der Waals surface area contributed by atoms with E-state index in [-0.39, 0.29) is 16.2 Å². The van der Waals surface area contributed by atoms with Crippen LogP contribution in [0.2, 0.25) is 0 Å². The fourth-order valence-corrected chi connectivity index (χ4v) is 2.52. The summed E-state index contributed by atoms with van der Waals surface area (Å²) in [5, 5.41) is 10.9. The molecule has 0 radical (unpaired) electrons. The smallest absolute Gasteiger partial charge is 0.134 e. The minimum absolute atomic E-state index is 0.0162. The van der Waals surface area contributed by atoms with Crippen LogP contribution in [0.4, 0.5) is 8.78 Å². The lowest BCUT2D eigenvalue weighted by Gasteiger charge is -2.04. The SMILES string of the molecule is N#C/C(=C(/Cl)c1ccc(F)cc1F)c1cccs1. The molecule has 1 aromatic heterocycles. The molecule has 0 saturated carbocycles. The lowest BCUT2D eigenvalue weighted by molar-refractivity contribution is 0.581. The molecule has 0 aliphatic rings. The molecular weight excluding hydrogens is 276 g/mol. The van der Waals surface area contributed by atoms with Gasteiger partial charge in [0.15, 0.2) is 0 Å². The van der Waals surface area contributed by atoms with Crippen molar-refractivity contribution in [1.82, 2.24) is 0 Å².